The Bertz CT molecular complexity index is 325. The molecule has 1 aliphatic heterocycles. The molecule has 0 unspecified atom stereocenters. The summed E-state index contributed by atoms with van der Waals surface area (Å²) in [6, 6.07) is 0.682. The van der Waals surface area contributed by atoms with Gasteiger partial charge in [0.05, 0.1) is 0 Å². The molecule has 0 radical (unpaired) electrons. The van der Waals surface area contributed by atoms with Gasteiger partial charge in [-0.05, 0) is 57.5 Å². The van der Waals surface area contributed by atoms with E-state index in [4.69, 9.17) is 4.74 Å². The van der Waals surface area contributed by atoms with Crippen LogP contribution in [0.3, 0.4) is 0 Å². The standard InChI is InChI=1S/C16H27NO2/c1-12(18)19-16-13-6-5-7-14(16)15(9-8-13)17-10-3-2-4-11-17/h13-16H,2-11H2,1H3/t13-,14+,15-,16-/m0/s1. The number of carbonyl (C=O) groups is 1. The molecule has 19 heavy (non-hydrogen) atoms. The van der Waals surface area contributed by atoms with Gasteiger partial charge in [-0.15, -0.1) is 0 Å². The fourth-order valence-corrected chi connectivity index (χ4v) is 4.69. The summed E-state index contributed by atoms with van der Waals surface area (Å²) in [5, 5.41) is 0. The van der Waals surface area contributed by atoms with Gasteiger partial charge in [0.25, 0.3) is 0 Å². The molecule has 4 atom stereocenters. The average molecular weight is 265 g/mol. The maximum absolute atomic E-state index is 11.4. The van der Waals surface area contributed by atoms with Gasteiger partial charge in [-0.25, -0.2) is 0 Å². The molecule has 3 aliphatic rings. The van der Waals surface area contributed by atoms with Crippen LogP contribution in [0.1, 0.15) is 58.3 Å². The summed E-state index contributed by atoms with van der Waals surface area (Å²) >= 11 is 0. The van der Waals surface area contributed by atoms with E-state index in [0.29, 0.717) is 17.9 Å². The van der Waals surface area contributed by atoms with E-state index < -0.39 is 0 Å². The molecule has 3 fully saturated rings. The molecular weight excluding hydrogens is 238 g/mol. The summed E-state index contributed by atoms with van der Waals surface area (Å²) in [7, 11) is 0. The monoisotopic (exact) mass is 265 g/mol. The fourth-order valence-electron chi connectivity index (χ4n) is 4.69. The van der Waals surface area contributed by atoms with Crippen molar-refractivity contribution in [2.75, 3.05) is 13.1 Å². The van der Waals surface area contributed by atoms with Crippen LogP contribution < -0.4 is 0 Å². The molecule has 0 amide bonds. The Morgan fingerprint density at radius 2 is 1.79 bits per heavy atom. The van der Waals surface area contributed by atoms with E-state index in [0.717, 1.165) is 0 Å². The SMILES string of the molecule is CC(=O)O[C@H]1[C@H]2CCC[C@@H]1[C@@H](N1CCCCC1)CC2. The summed E-state index contributed by atoms with van der Waals surface area (Å²) in [6.45, 7) is 4.09. The third-order valence-corrected chi connectivity index (χ3v) is 5.49. The minimum Gasteiger partial charge on any atom is -0.462 e. The number of rotatable bonds is 2. The van der Waals surface area contributed by atoms with Crippen LogP contribution in [-0.2, 0) is 9.53 Å². The highest BCUT2D eigenvalue weighted by Crippen LogP contribution is 2.44. The third kappa shape index (κ3) is 2.81. The Labute approximate surface area is 116 Å². The molecular formula is C16H27NO2. The summed E-state index contributed by atoms with van der Waals surface area (Å²) in [6.07, 6.45) is 10.8. The highest BCUT2D eigenvalue weighted by atomic mass is 16.5. The molecule has 108 valence electrons. The lowest BCUT2D eigenvalue weighted by atomic mass is 9.67. The second-order valence-electron chi connectivity index (χ2n) is 6.67. The molecule has 3 nitrogen and oxygen atoms in total. The minimum absolute atomic E-state index is 0.0822. The number of piperidine rings is 1. The Morgan fingerprint density at radius 3 is 2.53 bits per heavy atom. The highest BCUT2D eigenvalue weighted by Gasteiger charge is 2.45. The van der Waals surface area contributed by atoms with Gasteiger partial charge in [-0.2, -0.15) is 0 Å². The molecule has 0 spiro atoms. The largest absolute Gasteiger partial charge is 0.462 e. The smallest absolute Gasteiger partial charge is 0.302 e. The molecule has 2 bridgehead atoms. The van der Waals surface area contributed by atoms with Crippen molar-refractivity contribution in [3.05, 3.63) is 0 Å². The van der Waals surface area contributed by atoms with Crippen molar-refractivity contribution in [1.29, 1.82) is 0 Å². The lowest BCUT2D eigenvalue weighted by Gasteiger charge is -2.50. The van der Waals surface area contributed by atoms with E-state index in [-0.39, 0.29) is 12.1 Å². The molecule has 3 heteroatoms. The van der Waals surface area contributed by atoms with E-state index in [9.17, 15) is 4.79 Å². The van der Waals surface area contributed by atoms with Gasteiger partial charge >= 0.3 is 5.97 Å². The second kappa shape index (κ2) is 5.82. The van der Waals surface area contributed by atoms with Gasteiger partial charge in [-0.1, -0.05) is 12.8 Å². The molecule has 1 saturated heterocycles. The van der Waals surface area contributed by atoms with Crippen LogP contribution in [0.15, 0.2) is 0 Å². The molecule has 0 aromatic heterocycles. The number of nitrogens with zero attached hydrogens (tertiary/aromatic N) is 1. The van der Waals surface area contributed by atoms with Gasteiger partial charge in [-0.3, -0.25) is 9.69 Å². The van der Waals surface area contributed by atoms with Gasteiger partial charge in [0.2, 0.25) is 0 Å². The zero-order chi connectivity index (χ0) is 13.2. The minimum atomic E-state index is -0.0822. The number of carbonyl (C=O) groups excluding carboxylic acids is 1. The lowest BCUT2D eigenvalue weighted by molar-refractivity contribution is -0.162. The number of hydrogen-bond acceptors (Lipinski definition) is 3. The van der Waals surface area contributed by atoms with Crippen LogP contribution in [0.4, 0.5) is 0 Å². The third-order valence-electron chi connectivity index (χ3n) is 5.49. The van der Waals surface area contributed by atoms with Crippen molar-refractivity contribution in [1.82, 2.24) is 4.90 Å². The Balaban J connectivity index is 1.72. The first kappa shape index (κ1) is 13.4. The van der Waals surface area contributed by atoms with E-state index in [2.05, 4.69) is 4.90 Å². The quantitative estimate of drug-likeness (QED) is 0.719. The van der Waals surface area contributed by atoms with Crippen molar-refractivity contribution in [2.45, 2.75) is 70.4 Å². The zero-order valence-electron chi connectivity index (χ0n) is 12.1. The zero-order valence-corrected chi connectivity index (χ0v) is 12.1. The van der Waals surface area contributed by atoms with Gasteiger partial charge < -0.3 is 4.74 Å². The first-order valence-electron chi connectivity index (χ1n) is 8.17. The molecule has 3 rings (SSSR count). The Kier molecular flexibility index (Phi) is 4.11. The molecule has 2 aliphatic carbocycles. The summed E-state index contributed by atoms with van der Waals surface area (Å²) in [5.41, 5.74) is 0. The lowest BCUT2D eigenvalue weighted by Crippen LogP contribution is -2.54. The van der Waals surface area contributed by atoms with Crippen LogP contribution in [0, 0.1) is 11.8 Å². The molecule has 0 aromatic rings. The number of ether oxygens (including phenoxy) is 1. The summed E-state index contributed by atoms with van der Waals surface area (Å²) in [5.74, 6) is 1.17. The topological polar surface area (TPSA) is 29.5 Å². The van der Waals surface area contributed by atoms with E-state index in [1.807, 2.05) is 0 Å². The average Bonchev–Trinajstić information content (AvgIpc) is 2.39. The van der Waals surface area contributed by atoms with Crippen molar-refractivity contribution in [3.8, 4) is 0 Å². The predicted octanol–water partition coefficient (Wildman–Crippen LogP) is 2.98. The molecule has 0 N–H and O–H groups in total. The van der Waals surface area contributed by atoms with Crippen molar-refractivity contribution < 1.29 is 9.53 Å². The second-order valence-corrected chi connectivity index (χ2v) is 6.67. The van der Waals surface area contributed by atoms with E-state index >= 15 is 0 Å². The summed E-state index contributed by atoms with van der Waals surface area (Å²) < 4.78 is 5.71. The molecule has 0 aromatic carbocycles. The molecule has 1 heterocycles. The normalized spacial score (nSPS) is 39.8. The van der Waals surface area contributed by atoms with E-state index in [1.165, 1.54) is 64.5 Å². The van der Waals surface area contributed by atoms with Crippen LogP contribution >= 0.6 is 0 Å². The number of hydrogen-bond donors (Lipinski definition) is 0. The summed E-state index contributed by atoms with van der Waals surface area (Å²) in [4.78, 5) is 14.1. The van der Waals surface area contributed by atoms with Gasteiger partial charge in [0.1, 0.15) is 6.10 Å². The first-order valence-corrected chi connectivity index (χ1v) is 8.17. The Morgan fingerprint density at radius 1 is 1.00 bits per heavy atom. The van der Waals surface area contributed by atoms with Crippen LogP contribution in [0.25, 0.3) is 0 Å². The number of fused-ring (bicyclic) bond motifs is 2. The number of likely N-dealkylation sites (tertiary alicyclic amines) is 1. The van der Waals surface area contributed by atoms with Gasteiger partial charge in [0, 0.05) is 18.9 Å². The fraction of sp³-hybridized carbons (Fsp3) is 0.938. The first-order chi connectivity index (χ1) is 9.25. The molecule has 2 saturated carbocycles. The maximum atomic E-state index is 11.4. The Hall–Kier alpha value is -0.570. The van der Waals surface area contributed by atoms with Gasteiger partial charge in [0.15, 0.2) is 0 Å². The predicted molar refractivity (Wildman–Crippen MR) is 74.8 cm³/mol. The number of esters is 1. The van der Waals surface area contributed by atoms with Crippen molar-refractivity contribution >= 4 is 5.97 Å². The van der Waals surface area contributed by atoms with Crippen LogP contribution in [0.5, 0.6) is 0 Å². The maximum Gasteiger partial charge on any atom is 0.302 e. The van der Waals surface area contributed by atoms with Crippen LogP contribution in [0.2, 0.25) is 0 Å². The van der Waals surface area contributed by atoms with Crippen LogP contribution in [-0.4, -0.2) is 36.1 Å². The van der Waals surface area contributed by atoms with Crippen molar-refractivity contribution in [3.63, 3.8) is 0 Å². The van der Waals surface area contributed by atoms with E-state index in [1.54, 1.807) is 6.92 Å². The van der Waals surface area contributed by atoms with Crippen molar-refractivity contribution in [2.24, 2.45) is 11.8 Å². The highest BCUT2D eigenvalue weighted by molar-refractivity contribution is 5.66.